The summed E-state index contributed by atoms with van der Waals surface area (Å²) in [6.45, 7) is 0. The monoisotopic (exact) mass is 309 g/mol. The SMILES string of the molecule is O=c1[nH]c(/C=C/c2ccc3ccccc3c2)c([N+](=O)[O-])c(=O)[nH]1. The first-order valence-corrected chi connectivity index (χ1v) is 6.72. The Hall–Kier alpha value is -3.48. The van der Waals surface area contributed by atoms with Crippen LogP contribution in [0.1, 0.15) is 11.3 Å². The van der Waals surface area contributed by atoms with E-state index in [-0.39, 0.29) is 5.69 Å². The summed E-state index contributed by atoms with van der Waals surface area (Å²) >= 11 is 0. The third-order valence-electron chi connectivity index (χ3n) is 3.34. The summed E-state index contributed by atoms with van der Waals surface area (Å²) in [5, 5.41) is 13.1. The molecule has 0 bridgehead atoms. The molecule has 0 radical (unpaired) electrons. The number of H-pyrrole nitrogens is 2. The molecule has 0 atom stereocenters. The van der Waals surface area contributed by atoms with Crippen LogP contribution in [0.25, 0.3) is 22.9 Å². The largest absolute Gasteiger partial charge is 0.357 e. The van der Waals surface area contributed by atoms with Gasteiger partial charge in [0.25, 0.3) is 0 Å². The van der Waals surface area contributed by atoms with Gasteiger partial charge < -0.3 is 4.98 Å². The molecule has 7 nitrogen and oxygen atoms in total. The maximum Gasteiger partial charge on any atom is 0.357 e. The highest BCUT2D eigenvalue weighted by Gasteiger charge is 2.18. The van der Waals surface area contributed by atoms with Crippen molar-refractivity contribution >= 4 is 28.6 Å². The van der Waals surface area contributed by atoms with E-state index in [1.807, 2.05) is 47.4 Å². The second-order valence-corrected chi connectivity index (χ2v) is 4.87. The molecular formula is C16H11N3O4. The van der Waals surface area contributed by atoms with Crippen LogP contribution >= 0.6 is 0 Å². The lowest BCUT2D eigenvalue weighted by atomic mass is 10.1. The van der Waals surface area contributed by atoms with Gasteiger partial charge >= 0.3 is 16.9 Å². The van der Waals surface area contributed by atoms with Gasteiger partial charge in [0.1, 0.15) is 5.69 Å². The molecule has 0 aliphatic carbocycles. The molecule has 0 aliphatic heterocycles. The normalized spacial score (nSPS) is 11.1. The molecule has 0 saturated heterocycles. The summed E-state index contributed by atoms with van der Waals surface area (Å²) in [7, 11) is 0. The first-order valence-electron chi connectivity index (χ1n) is 6.72. The molecule has 23 heavy (non-hydrogen) atoms. The highest BCUT2D eigenvalue weighted by Crippen LogP contribution is 2.18. The van der Waals surface area contributed by atoms with E-state index < -0.39 is 21.9 Å². The van der Waals surface area contributed by atoms with Gasteiger partial charge in [-0.25, -0.2) is 4.79 Å². The number of hydrogen-bond acceptors (Lipinski definition) is 4. The highest BCUT2D eigenvalue weighted by atomic mass is 16.6. The topological polar surface area (TPSA) is 109 Å². The van der Waals surface area contributed by atoms with E-state index in [9.17, 15) is 19.7 Å². The molecule has 7 heteroatoms. The predicted molar refractivity (Wildman–Crippen MR) is 87.2 cm³/mol. The molecule has 1 aromatic heterocycles. The quantitative estimate of drug-likeness (QED) is 0.571. The first-order chi connectivity index (χ1) is 11.0. The van der Waals surface area contributed by atoms with Crippen molar-refractivity contribution in [2.24, 2.45) is 0 Å². The summed E-state index contributed by atoms with van der Waals surface area (Å²) in [5.41, 5.74) is -1.87. The van der Waals surface area contributed by atoms with E-state index in [1.54, 1.807) is 6.08 Å². The van der Waals surface area contributed by atoms with Gasteiger partial charge in [-0.15, -0.1) is 0 Å². The molecule has 1 heterocycles. The Morgan fingerprint density at radius 2 is 1.70 bits per heavy atom. The minimum atomic E-state index is -1.03. The zero-order valence-electron chi connectivity index (χ0n) is 11.8. The highest BCUT2D eigenvalue weighted by molar-refractivity contribution is 5.86. The van der Waals surface area contributed by atoms with Crippen LogP contribution < -0.4 is 11.2 Å². The maximum atomic E-state index is 11.5. The lowest BCUT2D eigenvalue weighted by Gasteiger charge is -1.99. The summed E-state index contributed by atoms with van der Waals surface area (Å²) in [4.78, 5) is 37.1. The molecule has 0 amide bonds. The van der Waals surface area contributed by atoms with Gasteiger partial charge in [0.2, 0.25) is 0 Å². The molecule has 0 fully saturated rings. The fraction of sp³-hybridized carbons (Fsp3) is 0. The van der Waals surface area contributed by atoms with Crippen LogP contribution in [0.4, 0.5) is 5.69 Å². The van der Waals surface area contributed by atoms with Crippen molar-refractivity contribution in [2.45, 2.75) is 0 Å². The van der Waals surface area contributed by atoms with E-state index >= 15 is 0 Å². The number of rotatable bonds is 3. The van der Waals surface area contributed by atoms with Gasteiger partial charge in [0, 0.05) is 0 Å². The smallest absolute Gasteiger partial charge is 0.301 e. The van der Waals surface area contributed by atoms with Crippen LogP contribution in [-0.4, -0.2) is 14.9 Å². The van der Waals surface area contributed by atoms with Crippen molar-refractivity contribution in [1.29, 1.82) is 0 Å². The number of nitrogens with zero attached hydrogens (tertiary/aromatic N) is 1. The zero-order chi connectivity index (χ0) is 16.4. The molecule has 2 aromatic carbocycles. The van der Waals surface area contributed by atoms with Gasteiger partial charge in [-0.3, -0.25) is 19.9 Å². The minimum absolute atomic E-state index is 0.142. The number of nitro groups is 1. The Bertz CT molecular complexity index is 1050. The lowest BCUT2D eigenvalue weighted by molar-refractivity contribution is -0.386. The van der Waals surface area contributed by atoms with Crippen molar-refractivity contribution in [3.8, 4) is 0 Å². The lowest BCUT2D eigenvalue weighted by Crippen LogP contribution is -2.25. The molecule has 0 saturated carbocycles. The average molecular weight is 309 g/mol. The number of aromatic amines is 2. The van der Waals surface area contributed by atoms with Crippen LogP contribution in [0.5, 0.6) is 0 Å². The third-order valence-corrected chi connectivity index (χ3v) is 3.34. The van der Waals surface area contributed by atoms with Crippen molar-refractivity contribution in [1.82, 2.24) is 9.97 Å². The molecule has 0 spiro atoms. The van der Waals surface area contributed by atoms with E-state index in [0.717, 1.165) is 16.3 Å². The Kier molecular flexibility index (Phi) is 3.60. The van der Waals surface area contributed by atoms with Gasteiger partial charge in [-0.05, 0) is 28.5 Å². The molecule has 2 N–H and O–H groups in total. The Labute approximate surface area is 129 Å². The van der Waals surface area contributed by atoms with Crippen LogP contribution in [0.3, 0.4) is 0 Å². The summed E-state index contributed by atoms with van der Waals surface area (Å²) < 4.78 is 0. The molecule has 3 rings (SSSR count). The van der Waals surface area contributed by atoms with Crippen LogP contribution in [0, 0.1) is 10.1 Å². The first kappa shape index (κ1) is 14.5. The Balaban J connectivity index is 2.06. The van der Waals surface area contributed by atoms with E-state index in [2.05, 4.69) is 4.98 Å². The fourth-order valence-electron chi connectivity index (χ4n) is 2.29. The van der Waals surface area contributed by atoms with Gasteiger partial charge in [-0.2, -0.15) is 0 Å². The van der Waals surface area contributed by atoms with E-state index in [1.165, 1.54) is 6.08 Å². The van der Waals surface area contributed by atoms with Crippen molar-refractivity contribution in [3.63, 3.8) is 0 Å². The zero-order valence-corrected chi connectivity index (χ0v) is 11.8. The molecular weight excluding hydrogens is 298 g/mol. The average Bonchev–Trinajstić information content (AvgIpc) is 2.51. The second-order valence-electron chi connectivity index (χ2n) is 4.87. The van der Waals surface area contributed by atoms with Gasteiger partial charge in [0.15, 0.2) is 0 Å². The Morgan fingerprint density at radius 1 is 0.957 bits per heavy atom. The van der Waals surface area contributed by atoms with E-state index in [0.29, 0.717) is 0 Å². The number of nitrogens with one attached hydrogen (secondary N) is 2. The number of hydrogen-bond donors (Lipinski definition) is 2. The number of aromatic nitrogens is 2. The number of benzene rings is 2. The van der Waals surface area contributed by atoms with Gasteiger partial charge in [0.05, 0.1) is 4.92 Å². The maximum absolute atomic E-state index is 11.5. The van der Waals surface area contributed by atoms with Crippen molar-refractivity contribution < 1.29 is 4.92 Å². The molecule has 0 aliphatic rings. The predicted octanol–water partition coefficient (Wildman–Crippen LogP) is 2.29. The van der Waals surface area contributed by atoms with E-state index in [4.69, 9.17) is 0 Å². The fourth-order valence-corrected chi connectivity index (χ4v) is 2.29. The third kappa shape index (κ3) is 2.93. The van der Waals surface area contributed by atoms with Crippen molar-refractivity contribution in [2.75, 3.05) is 0 Å². The molecule has 0 unspecified atom stereocenters. The van der Waals surface area contributed by atoms with Crippen LogP contribution in [0.2, 0.25) is 0 Å². The molecule has 114 valence electrons. The van der Waals surface area contributed by atoms with Crippen LogP contribution in [0.15, 0.2) is 52.1 Å². The standard InChI is InChI=1S/C16H11N3O4/c20-15-14(19(22)23)13(17-16(21)18-15)8-6-10-5-7-11-3-1-2-4-12(11)9-10/h1-9H,(H2,17,18,20,21)/b8-6+. The summed E-state index contributed by atoms with van der Waals surface area (Å²) in [5.74, 6) is 0. The Morgan fingerprint density at radius 3 is 2.43 bits per heavy atom. The van der Waals surface area contributed by atoms with Crippen molar-refractivity contribution in [3.05, 3.63) is 84.7 Å². The second kappa shape index (κ2) is 5.72. The minimum Gasteiger partial charge on any atom is -0.301 e. The summed E-state index contributed by atoms with van der Waals surface area (Å²) in [6.07, 6.45) is 2.95. The molecule has 3 aromatic rings. The van der Waals surface area contributed by atoms with Gasteiger partial charge in [-0.1, -0.05) is 42.5 Å². The summed E-state index contributed by atoms with van der Waals surface area (Å²) in [6, 6.07) is 13.4. The van der Waals surface area contributed by atoms with Crippen LogP contribution in [-0.2, 0) is 0 Å². The number of fused-ring (bicyclic) bond motifs is 1.